The molecule has 1 aliphatic carbocycles. The molecular weight excluding hydrogens is 298 g/mol. The molecule has 1 heterocycles. The van der Waals surface area contributed by atoms with Crippen molar-refractivity contribution in [3.63, 3.8) is 0 Å². The van der Waals surface area contributed by atoms with Gasteiger partial charge in [-0.2, -0.15) is 0 Å². The van der Waals surface area contributed by atoms with Crippen LogP contribution in [0.3, 0.4) is 0 Å². The normalized spacial score (nSPS) is 22.8. The van der Waals surface area contributed by atoms with Crippen LogP contribution in [0.4, 0.5) is 0 Å². The number of benzene rings is 1. The predicted molar refractivity (Wildman–Crippen MR) is 97.2 cm³/mol. The lowest BCUT2D eigenvalue weighted by Gasteiger charge is -2.40. The fraction of sp³-hybridized carbons (Fsp3) is 0.381. The Bertz CT molecular complexity index is 736. The number of nitrogens with two attached hydrogens (primary N) is 1. The van der Waals surface area contributed by atoms with Crippen LogP contribution in [-0.2, 0) is 4.74 Å². The highest BCUT2D eigenvalue weighted by atomic mass is 16.5. The number of hydrogen-bond donors (Lipinski definition) is 1. The molecule has 0 saturated carbocycles. The van der Waals surface area contributed by atoms with Crippen LogP contribution in [0.1, 0.15) is 49.5 Å². The van der Waals surface area contributed by atoms with E-state index in [1.54, 1.807) is 12.1 Å². The zero-order valence-corrected chi connectivity index (χ0v) is 14.6. The predicted octanol–water partition coefficient (Wildman–Crippen LogP) is 4.47. The number of hydrogen-bond acceptors (Lipinski definition) is 2. The Morgan fingerprint density at radius 3 is 2.67 bits per heavy atom. The van der Waals surface area contributed by atoms with E-state index < -0.39 is 0 Å². The van der Waals surface area contributed by atoms with Gasteiger partial charge >= 0.3 is 0 Å². The molecule has 1 aromatic carbocycles. The maximum Gasteiger partial charge on any atom is 0.248 e. The van der Waals surface area contributed by atoms with Crippen LogP contribution in [0, 0.1) is 11.3 Å². The standard InChI is InChI=1S/C21H25NO2/c1-14(12-15-4-6-16(7-5-15)20(22)23)17-8-10-21(2,3)19-13-24-11-9-18(17)19/h4-7,9,11-12,17H,8,10,13H2,1-3H3,(H2,22,23). The number of allylic oxidation sites excluding steroid dienone is 3. The third-order valence-electron chi connectivity index (χ3n) is 5.31. The van der Waals surface area contributed by atoms with Crippen molar-refractivity contribution in [1.82, 2.24) is 0 Å². The van der Waals surface area contributed by atoms with Crippen LogP contribution >= 0.6 is 0 Å². The van der Waals surface area contributed by atoms with Crippen molar-refractivity contribution in [3.8, 4) is 0 Å². The molecule has 2 aliphatic rings. The highest BCUT2D eigenvalue weighted by Gasteiger charge is 2.35. The van der Waals surface area contributed by atoms with Gasteiger partial charge in [-0.3, -0.25) is 4.79 Å². The summed E-state index contributed by atoms with van der Waals surface area (Å²) in [5.74, 6) is 0.0443. The molecule has 1 amide bonds. The molecule has 3 nitrogen and oxygen atoms in total. The summed E-state index contributed by atoms with van der Waals surface area (Å²) in [5, 5.41) is 0. The molecule has 0 spiro atoms. The molecule has 1 atom stereocenters. The first-order valence-corrected chi connectivity index (χ1v) is 8.48. The van der Waals surface area contributed by atoms with E-state index in [-0.39, 0.29) is 11.3 Å². The number of amides is 1. The largest absolute Gasteiger partial charge is 0.497 e. The van der Waals surface area contributed by atoms with E-state index in [0.717, 1.165) is 12.0 Å². The average Bonchev–Trinajstić information content (AvgIpc) is 2.55. The molecule has 0 fully saturated rings. The van der Waals surface area contributed by atoms with Crippen molar-refractivity contribution in [2.75, 3.05) is 6.61 Å². The minimum absolute atomic E-state index is 0.208. The molecule has 0 radical (unpaired) electrons. The van der Waals surface area contributed by atoms with Crippen LogP contribution in [0.15, 0.2) is 53.3 Å². The Hall–Kier alpha value is -2.29. The van der Waals surface area contributed by atoms with E-state index in [2.05, 4.69) is 32.9 Å². The first-order valence-electron chi connectivity index (χ1n) is 8.48. The molecule has 0 saturated heterocycles. The summed E-state index contributed by atoms with van der Waals surface area (Å²) in [4.78, 5) is 11.2. The Balaban J connectivity index is 1.90. The fourth-order valence-corrected chi connectivity index (χ4v) is 3.74. The molecule has 1 aliphatic heterocycles. The van der Waals surface area contributed by atoms with Gasteiger partial charge in [0.2, 0.25) is 5.91 Å². The Kier molecular flexibility index (Phi) is 4.35. The van der Waals surface area contributed by atoms with Crippen LogP contribution < -0.4 is 5.73 Å². The van der Waals surface area contributed by atoms with Gasteiger partial charge in [-0.25, -0.2) is 0 Å². The van der Waals surface area contributed by atoms with Gasteiger partial charge in [0.05, 0.1) is 6.26 Å². The van der Waals surface area contributed by atoms with Gasteiger partial charge in [0.25, 0.3) is 0 Å². The first kappa shape index (κ1) is 16.6. The average molecular weight is 323 g/mol. The van der Waals surface area contributed by atoms with Crippen LogP contribution in [0.25, 0.3) is 6.08 Å². The summed E-state index contributed by atoms with van der Waals surface area (Å²) >= 11 is 0. The minimum atomic E-state index is -0.390. The Morgan fingerprint density at radius 1 is 1.29 bits per heavy atom. The number of rotatable bonds is 3. The highest BCUT2D eigenvalue weighted by Crippen LogP contribution is 2.46. The van der Waals surface area contributed by atoms with Crippen molar-refractivity contribution >= 4 is 12.0 Å². The maximum atomic E-state index is 11.2. The van der Waals surface area contributed by atoms with Crippen molar-refractivity contribution in [2.45, 2.75) is 33.6 Å². The lowest BCUT2D eigenvalue weighted by Crippen LogP contribution is -2.29. The molecule has 2 N–H and O–H groups in total. The number of ether oxygens (including phenoxy) is 1. The van der Waals surface area contributed by atoms with Gasteiger partial charge in [0, 0.05) is 11.5 Å². The van der Waals surface area contributed by atoms with Crippen LogP contribution in [0.5, 0.6) is 0 Å². The van der Waals surface area contributed by atoms with E-state index in [4.69, 9.17) is 10.5 Å². The molecule has 0 aromatic heterocycles. The highest BCUT2D eigenvalue weighted by molar-refractivity contribution is 5.92. The van der Waals surface area contributed by atoms with Crippen molar-refractivity contribution in [1.29, 1.82) is 0 Å². The maximum absolute atomic E-state index is 11.2. The van der Waals surface area contributed by atoms with E-state index in [1.165, 1.54) is 23.1 Å². The van der Waals surface area contributed by atoms with Crippen LogP contribution in [-0.4, -0.2) is 12.5 Å². The molecule has 0 bridgehead atoms. The van der Waals surface area contributed by atoms with Gasteiger partial charge < -0.3 is 10.5 Å². The number of carbonyl (C=O) groups is 1. The second-order valence-corrected chi connectivity index (χ2v) is 7.40. The van der Waals surface area contributed by atoms with Crippen molar-refractivity contribution < 1.29 is 9.53 Å². The van der Waals surface area contributed by atoms with E-state index in [1.807, 2.05) is 18.4 Å². The quantitative estimate of drug-likeness (QED) is 0.892. The summed E-state index contributed by atoms with van der Waals surface area (Å²) in [7, 11) is 0. The number of primary amides is 1. The minimum Gasteiger partial charge on any atom is -0.497 e. The molecule has 126 valence electrons. The third kappa shape index (κ3) is 3.16. The van der Waals surface area contributed by atoms with Gasteiger partial charge in [0.1, 0.15) is 6.61 Å². The zero-order valence-electron chi connectivity index (χ0n) is 14.6. The monoisotopic (exact) mass is 323 g/mol. The first-order chi connectivity index (χ1) is 11.4. The SMILES string of the molecule is CC(=Cc1ccc(C(N)=O)cc1)C1CCC(C)(C)C2=C1C=COC2. The van der Waals surface area contributed by atoms with Gasteiger partial charge in [-0.05, 0) is 60.1 Å². The second kappa shape index (κ2) is 6.31. The lowest BCUT2D eigenvalue weighted by atomic mass is 9.66. The van der Waals surface area contributed by atoms with Crippen LogP contribution in [0.2, 0.25) is 0 Å². The number of carbonyl (C=O) groups excluding carboxylic acids is 1. The van der Waals surface area contributed by atoms with E-state index in [0.29, 0.717) is 18.1 Å². The molecule has 24 heavy (non-hydrogen) atoms. The third-order valence-corrected chi connectivity index (χ3v) is 5.31. The summed E-state index contributed by atoms with van der Waals surface area (Å²) in [6.45, 7) is 7.51. The van der Waals surface area contributed by atoms with E-state index >= 15 is 0 Å². The van der Waals surface area contributed by atoms with Gasteiger partial charge in [-0.15, -0.1) is 0 Å². The lowest BCUT2D eigenvalue weighted by molar-refractivity contribution is 0.100. The Morgan fingerprint density at radius 2 is 2.00 bits per heavy atom. The smallest absolute Gasteiger partial charge is 0.248 e. The van der Waals surface area contributed by atoms with Crippen molar-refractivity contribution in [3.05, 3.63) is 64.4 Å². The summed E-state index contributed by atoms with van der Waals surface area (Å²) in [5.41, 5.74) is 11.3. The van der Waals surface area contributed by atoms with E-state index in [9.17, 15) is 4.79 Å². The van der Waals surface area contributed by atoms with Crippen molar-refractivity contribution in [2.24, 2.45) is 17.1 Å². The molecule has 3 rings (SSSR count). The summed E-state index contributed by atoms with van der Waals surface area (Å²) in [6, 6.07) is 7.46. The summed E-state index contributed by atoms with van der Waals surface area (Å²) in [6.07, 6.45) is 8.49. The topological polar surface area (TPSA) is 52.3 Å². The molecule has 1 aromatic rings. The molecule has 3 heteroatoms. The molecular formula is C21H25NO2. The fourth-order valence-electron chi connectivity index (χ4n) is 3.74. The zero-order chi connectivity index (χ0) is 17.3. The van der Waals surface area contributed by atoms with Gasteiger partial charge in [-0.1, -0.05) is 37.6 Å². The second-order valence-electron chi connectivity index (χ2n) is 7.40. The molecule has 1 unspecified atom stereocenters. The Labute approximate surface area is 143 Å². The van der Waals surface area contributed by atoms with Gasteiger partial charge in [0.15, 0.2) is 0 Å². The summed E-state index contributed by atoms with van der Waals surface area (Å²) < 4.78 is 5.55.